The molecule has 2 bridgehead atoms. The van der Waals surface area contributed by atoms with Gasteiger partial charge >= 0.3 is 0 Å². The van der Waals surface area contributed by atoms with E-state index in [1.807, 2.05) is 24.3 Å². The Morgan fingerprint density at radius 1 is 0.735 bits per heavy atom. The van der Waals surface area contributed by atoms with Gasteiger partial charge in [0.2, 0.25) is 6.29 Å². The molecule has 4 aliphatic heterocycles. The first kappa shape index (κ1) is 22.0. The summed E-state index contributed by atoms with van der Waals surface area (Å²) in [6.45, 7) is 8.35. The highest BCUT2D eigenvalue weighted by atomic mass is 19.1. The van der Waals surface area contributed by atoms with E-state index in [4.69, 9.17) is 9.47 Å². The van der Waals surface area contributed by atoms with E-state index in [0.29, 0.717) is 12.6 Å². The van der Waals surface area contributed by atoms with Gasteiger partial charge in [-0.3, -0.25) is 4.90 Å². The average molecular weight is 471 g/mol. The van der Waals surface area contributed by atoms with Crippen LogP contribution in [0, 0.1) is 11.6 Å². The lowest BCUT2D eigenvalue weighted by Crippen LogP contribution is -3.20. The molecule has 3 atom stereocenters. The van der Waals surface area contributed by atoms with Gasteiger partial charge in [-0.25, -0.2) is 8.78 Å². The molecule has 0 radical (unpaired) electrons. The zero-order valence-corrected chi connectivity index (χ0v) is 19.3. The number of quaternary nitrogens is 2. The van der Waals surface area contributed by atoms with Gasteiger partial charge in [-0.15, -0.1) is 0 Å². The van der Waals surface area contributed by atoms with Crippen LogP contribution in [0.25, 0.3) is 0 Å². The zero-order chi connectivity index (χ0) is 23.1. The topological polar surface area (TPSA) is 33.8 Å². The Labute approximate surface area is 198 Å². The second-order valence-corrected chi connectivity index (χ2v) is 9.68. The van der Waals surface area contributed by atoms with Gasteiger partial charge in [-0.05, 0) is 48.5 Å². The van der Waals surface area contributed by atoms with Gasteiger partial charge in [0.05, 0.1) is 59.0 Å². The summed E-state index contributed by atoms with van der Waals surface area (Å²) in [6, 6.07) is 13.9. The fourth-order valence-electron chi connectivity index (χ4n) is 5.83. The Kier molecular flexibility index (Phi) is 5.99. The van der Waals surface area contributed by atoms with Crippen LogP contribution >= 0.6 is 0 Å². The molecule has 2 N–H and O–H groups in total. The van der Waals surface area contributed by atoms with Gasteiger partial charge in [0.15, 0.2) is 5.70 Å². The van der Waals surface area contributed by atoms with Gasteiger partial charge in [-0.2, -0.15) is 0 Å². The van der Waals surface area contributed by atoms with Crippen molar-refractivity contribution in [1.29, 1.82) is 0 Å². The lowest BCUT2D eigenvalue weighted by Gasteiger charge is -2.40. The molecule has 2 aromatic rings. The van der Waals surface area contributed by atoms with Crippen molar-refractivity contribution in [2.45, 2.75) is 18.4 Å². The molecule has 4 heterocycles. The van der Waals surface area contributed by atoms with Gasteiger partial charge in [0.1, 0.15) is 23.8 Å². The predicted molar refractivity (Wildman–Crippen MR) is 125 cm³/mol. The minimum absolute atomic E-state index is 0.112. The number of halogens is 2. The Morgan fingerprint density at radius 3 is 1.82 bits per heavy atom. The van der Waals surface area contributed by atoms with E-state index in [0.717, 1.165) is 63.7 Å². The number of benzene rings is 2. The number of nitrogens with zero attached hydrogens (tertiary/aromatic N) is 2. The SMILES string of the molecule is Fc1ccc(N2CC[NH+](C3=CC([NH+]4CCN(c5ccc(F)cc5)CC4)C4COC3O4)CC2)cc1. The number of ether oxygens (including phenoxy) is 2. The van der Waals surface area contributed by atoms with Crippen molar-refractivity contribution in [2.24, 2.45) is 0 Å². The van der Waals surface area contributed by atoms with E-state index in [9.17, 15) is 8.78 Å². The second-order valence-electron chi connectivity index (χ2n) is 9.68. The van der Waals surface area contributed by atoms with E-state index in [2.05, 4.69) is 15.9 Å². The quantitative estimate of drug-likeness (QED) is 0.664. The fraction of sp³-hybridized carbons (Fsp3) is 0.462. The third-order valence-corrected chi connectivity index (χ3v) is 7.76. The normalized spacial score (nSPS) is 28.3. The van der Waals surface area contributed by atoms with Crippen molar-refractivity contribution in [1.82, 2.24) is 0 Å². The van der Waals surface area contributed by atoms with Crippen molar-refractivity contribution in [2.75, 3.05) is 68.8 Å². The summed E-state index contributed by atoms with van der Waals surface area (Å²) in [5.41, 5.74) is 3.41. The van der Waals surface area contributed by atoms with E-state index in [1.165, 1.54) is 39.8 Å². The minimum Gasteiger partial charge on any atom is -0.360 e. The Hall–Kier alpha value is -2.52. The molecule has 6 nitrogen and oxygen atoms in total. The van der Waals surface area contributed by atoms with Gasteiger partial charge < -0.3 is 24.2 Å². The zero-order valence-electron chi connectivity index (χ0n) is 19.3. The molecule has 3 unspecified atom stereocenters. The van der Waals surface area contributed by atoms with E-state index in [-0.39, 0.29) is 24.0 Å². The van der Waals surface area contributed by atoms with E-state index in [1.54, 1.807) is 0 Å². The summed E-state index contributed by atoms with van der Waals surface area (Å²) in [7, 11) is 0. The van der Waals surface area contributed by atoms with Crippen molar-refractivity contribution in [3.05, 3.63) is 71.9 Å². The molecule has 3 saturated heterocycles. The lowest BCUT2D eigenvalue weighted by molar-refractivity contribution is -0.925. The summed E-state index contributed by atoms with van der Waals surface area (Å²) >= 11 is 0. The second kappa shape index (κ2) is 9.26. The van der Waals surface area contributed by atoms with Crippen LogP contribution in [0.15, 0.2) is 60.3 Å². The molecular weight excluding hydrogens is 438 g/mol. The number of anilines is 2. The number of hydrogen-bond acceptors (Lipinski definition) is 4. The monoisotopic (exact) mass is 470 g/mol. The Balaban J connectivity index is 1.11. The lowest BCUT2D eigenvalue weighted by atomic mass is 10.0. The van der Waals surface area contributed by atoms with Crippen LogP contribution in [-0.4, -0.2) is 77.4 Å². The molecule has 3 fully saturated rings. The Morgan fingerprint density at radius 2 is 1.26 bits per heavy atom. The number of hydrogen-bond donors (Lipinski definition) is 2. The smallest absolute Gasteiger partial charge is 0.234 e. The summed E-state index contributed by atoms with van der Waals surface area (Å²) < 4.78 is 39.0. The number of rotatable bonds is 4. The largest absolute Gasteiger partial charge is 0.360 e. The average Bonchev–Trinajstić information content (AvgIpc) is 3.29. The predicted octanol–water partition coefficient (Wildman–Crippen LogP) is 0.0824. The van der Waals surface area contributed by atoms with Crippen LogP contribution < -0.4 is 19.6 Å². The summed E-state index contributed by atoms with van der Waals surface area (Å²) in [6.07, 6.45) is 2.33. The van der Waals surface area contributed by atoms with Crippen molar-refractivity contribution >= 4 is 11.4 Å². The standard InChI is InChI=1S/C26H30F2N4O2/c27-19-1-5-21(6-2-19)29-9-13-31(14-10-29)23-17-24(26-33-18-25(23)34-26)32-15-11-30(12-16-32)22-7-3-20(28)4-8-22/h1-8,17,23,25-26H,9-16,18H2/p+2. The molecule has 0 spiro atoms. The van der Waals surface area contributed by atoms with Crippen LogP contribution in [0.5, 0.6) is 0 Å². The third-order valence-electron chi connectivity index (χ3n) is 7.76. The van der Waals surface area contributed by atoms with Crippen LogP contribution in [-0.2, 0) is 9.47 Å². The number of piperazine rings is 2. The fourth-order valence-corrected chi connectivity index (χ4v) is 5.83. The minimum atomic E-state index is -0.228. The molecule has 0 amide bonds. The van der Waals surface area contributed by atoms with Crippen molar-refractivity contribution in [3.63, 3.8) is 0 Å². The first-order valence-corrected chi connectivity index (χ1v) is 12.3. The van der Waals surface area contributed by atoms with Gasteiger partial charge in [0.25, 0.3) is 0 Å². The molecule has 180 valence electrons. The molecule has 2 aromatic carbocycles. The molecule has 0 aliphatic carbocycles. The van der Waals surface area contributed by atoms with Crippen LogP contribution in [0.2, 0.25) is 0 Å². The van der Waals surface area contributed by atoms with Crippen LogP contribution in [0.1, 0.15) is 0 Å². The summed E-state index contributed by atoms with van der Waals surface area (Å²) in [5, 5.41) is 0. The van der Waals surface area contributed by atoms with Gasteiger partial charge in [-0.1, -0.05) is 0 Å². The number of fused-ring (bicyclic) bond motifs is 2. The molecular formula is C26H32F2N4O2+2. The maximum atomic E-state index is 13.3. The summed E-state index contributed by atoms with van der Waals surface area (Å²) in [4.78, 5) is 7.63. The molecule has 4 aliphatic rings. The highest BCUT2D eigenvalue weighted by molar-refractivity contribution is 5.47. The summed E-state index contributed by atoms with van der Waals surface area (Å²) in [5.74, 6) is -0.390. The molecule has 8 heteroatoms. The molecule has 6 rings (SSSR count). The molecule has 0 aromatic heterocycles. The van der Waals surface area contributed by atoms with Crippen molar-refractivity contribution < 1.29 is 28.1 Å². The molecule has 34 heavy (non-hydrogen) atoms. The first-order chi connectivity index (χ1) is 16.6. The van der Waals surface area contributed by atoms with Crippen LogP contribution in [0.4, 0.5) is 20.2 Å². The highest BCUT2D eigenvalue weighted by Gasteiger charge is 2.48. The molecule has 0 saturated carbocycles. The first-order valence-electron chi connectivity index (χ1n) is 12.3. The highest BCUT2D eigenvalue weighted by Crippen LogP contribution is 2.24. The maximum absolute atomic E-state index is 13.3. The number of nitrogens with one attached hydrogen (secondary N) is 2. The van der Waals surface area contributed by atoms with Crippen LogP contribution in [0.3, 0.4) is 0 Å². The van der Waals surface area contributed by atoms with Gasteiger partial charge in [0, 0.05) is 17.5 Å². The van der Waals surface area contributed by atoms with Crippen molar-refractivity contribution in [3.8, 4) is 0 Å². The van der Waals surface area contributed by atoms with E-state index >= 15 is 0 Å². The third kappa shape index (κ3) is 4.31. The van der Waals surface area contributed by atoms with E-state index < -0.39 is 0 Å². The maximum Gasteiger partial charge on any atom is 0.234 e. The Bertz CT molecular complexity index is 1020.